The maximum atomic E-state index is 6.33. The van der Waals surface area contributed by atoms with Gasteiger partial charge in [-0.05, 0) is 36.8 Å². The van der Waals surface area contributed by atoms with Crippen LogP contribution >= 0.6 is 0 Å². The first-order valence-electron chi connectivity index (χ1n) is 6.34. The quantitative estimate of drug-likeness (QED) is 0.847. The third-order valence-corrected chi connectivity index (χ3v) is 4.02. The zero-order valence-corrected chi connectivity index (χ0v) is 10.3. The molecule has 0 spiro atoms. The molecule has 2 N–H and O–H groups in total. The Hall–Kier alpha value is -0.890. The molecule has 0 radical (unpaired) electrons. The number of hydrogen-bond donors (Lipinski definition) is 1. The van der Waals surface area contributed by atoms with Crippen molar-refractivity contribution in [1.82, 2.24) is 4.98 Å². The van der Waals surface area contributed by atoms with Crippen molar-refractivity contribution < 1.29 is 0 Å². The summed E-state index contributed by atoms with van der Waals surface area (Å²) < 4.78 is 0. The van der Waals surface area contributed by atoms with Crippen LogP contribution in [-0.2, 0) is 6.42 Å². The van der Waals surface area contributed by atoms with E-state index in [2.05, 4.69) is 24.9 Å². The molecule has 3 unspecified atom stereocenters. The fraction of sp³-hybridized carbons (Fsp3) is 0.643. The molecule has 0 amide bonds. The summed E-state index contributed by atoms with van der Waals surface area (Å²) in [4.78, 5) is 4.43. The molecule has 3 atom stereocenters. The number of pyridine rings is 1. The van der Waals surface area contributed by atoms with Crippen LogP contribution in [-0.4, -0.2) is 11.0 Å². The van der Waals surface area contributed by atoms with E-state index in [-0.39, 0.29) is 6.04 Å². The summed E-state index contributed by atoms with van der Waals surface area (Å²) in [6.07, 6.45) is 6.79. The Labute approximate surface area is 98.3 Å². The molecule has 0 saturated heterocycles. The van der Waals surface area contributed by atoms with Crippen LogP contribution in [0.25, 0.3) is 0 Å². The van der Waals surface area contributed by atoms with E-state index in [1.807, 2.05) is 12.3 Å². The fourth-order valence-electron chi connectivity index (χ4n) is 2.92. The molecule has 1 aromatic rings. The van der Waals surface area contributed by atoms with Gasteiger partial charge in [0.1, 0.15) is 0 Å². The molecule has 1 aliphatic carbocycles. The van der Waals surface area contributed by atoms with Gasteiger partial charge in [0.25, 0.3) is 0 Å². The molecule has 0 aliphatic heterocycles. The highest BCUT2D eigenvalue weighted by Gasteiger charge is 2.29. The van der Waals surface area contributed by atoms with Crippen molar-refractivity contribution in [2.75, 3.05) is 0 Å². The second-order valence-electron chi connectivity index (χ2n) is 5.21. The molecule has 16 heavy (non-hydrogen) atoms. The highest BCUT2D eigenvalue weighted by Crippen LogP contribution is 2.33. The fourth-order valence-corrected chi connectivity index (χ4v) is 2.92. The predicted molar refractivity (Wildman–Crippen MR) is 67.2 cm³/mol. The smallest absolute Gasteiger partial charge is 0.0448 e. The van der Waals surface area contributed by atoms with E-state index < -0.39 is 0 Å². The van der Waals surface area contributed by atoms with E-state index in [0.29, 0.717) is 5.92 Å². The topological polar surface area (TPSA) is 38.9 Å². The van der Waals surface area contributed by atoms with Gasteiger partial charge >= 0.3 is 0 Å². The Bertz CT molecular complexity index is 348. The first-order valence-corrected chi connectivity index (χ1v) is 6.34. The molecule has 88 valence electrons. The molecule has 2 rings (SSSR count). The largest absolute Gasteiger partial charge is 0.327 e. The second-order valence-corrected chi connectivity index (χ2v) is 5.21. The highest BCUT2D eigenvalue weighted by atomic mass is 14.7. The molecule has 0 aromatic carbocycles. The number of nitrogens with zero attached hydrogens (tertiary/aromatic N) is 1. The van der Waals surface area contributed by atoms with Gasteiger partial charge in [-0.3, -0.25) is 4.98 Å². The molecule has 2 nitrogen and oxygen atoms in total. The van der Waals surface area contributed by atoms with E-state index >= 15 is 0 Å². The lowest BCUT2D eigenvalue weighted by Gasteiger charge is -2.23. The van der Waals surface area contributed by atoms with Gasteiger partial charge in [0.05, 0.1) is 0 Å². The summed E-state index contributed by atoms with van der Waals surface area (Å²) in [5, 5.41) is 0. The lowest BCUT2D eigenvalue weighted by atomic mass is 9.87. The van der Waals surface area contributed by atoms with Crippen molar-refractivity contribution in [1.29, 1.82) is 0 Å². The Balaban J connectivity index is 2.02. The van der Waals surface area contributed by atoms with Crippen molar-refractivity contribution in [2.45, 2.75) is 45.6 Å². The summed E-state index contributed by atoms with van der Waals surface area (Å²) in [6, 6.07) is 4.39. The Morgan fingerprint density at radius 2 is 2.31 bits per heavy atom. The van der Waals surface area contributed by atoms with E-state index in [1.165, 1.54) is 30.5 Å². The average Bonchev–Trinajstić information content (AvgIpc) is 2.68. The van der Waals surface area contributed by atoms with Crippen LogP contribution in [0.1, 0.15) is 37.4 Å². The SMILES string of the molecule is Cc1cccnc1CC(N)C1CCCC1C. The van der Waals surface area contributed by atoms with Crippen LogP contribution in [0.3, 0.4) is 0 Å². The molecule has 1 fully saturated rings. The summed E-state index contributed by atoms with van der Waals surface area (Å²) in [6.45, 7) is 4.45. The number of rotatable bonds is 3. The van der Waals surface area contributed by atoms with Crippen LogP contribution in [0.5, 0.6) is 0 Å². The molecular formula is C14H22N2. The summed E-state index contributed by atoms with van der Waals surface area (Å²) in [5.74, 6) is 1.49. The number of aryl methyl sites for hydroxylation is 1. The first kappa shape index (κ1) is 11.6. The van der Waals surface area contributed by atoms with Crippen LogP contribution < -0.4 is 5.73 Å². The van der Waals surface area contributed by atoms with Crippen molar-refractivity contribution in [3.8, 4) is 0 Å². The maximum absolute atomic E-state index is 6.33. The minimum atomic E-state index is 0.283. The number of hydrogen-bond acceptors (Lipinski definition) is 2. The van der Waals surface area contributed by atoms with Gasteiger partial charge in [-0.1, -0.05) is 25.8 Å². The molecule has 1 aromatic heterocycles. The minimum absolute atomic E-state index is 0.283. The minimum Gasteiger partial charge on any atom is -0.327 e. The molecule has 2 heteroatoms. The zero-order valence-electron chi connectivity index (χ0n) is 10.3. The van der Waals surface area contributed by atoms with E-state index in [9.17, 15) is 0 Å². The van der Waals surface area contributed by atoms with Crippen molar-refractivity contribution >= 4 is 0 Å². The van der Waals surface area contributed by atoms with Crippen molar-refractivity contribution in [3.63, 3.8) is 0 Å². The van der Waals surface area contributed by atoms with Gasteiger partial charge in [-0.15, -0.1) is 0 Å². The lowest BCUT2D eigenvalue weighted by Crippen LogP contribution is -2.34. The van der Waals surface area contributed by atoms with Gasteiger partial charge in [-0.2, -0.15) is 0 Å². The van der Waals surface area contributed by atoms with Crippen LogP contribution in [0.4, 0.5) is 0 Å². The van der Waals surface area contributed by atoms with Crippen LogP contribution in [0.2, 0.25) is 0 Å². The molecule has 1 saturated carbocycles. The highest BCUT2D eigenvalue weighted by molar-refractivity contribution is 5.18. The standard InChI is InChI=1S/C14H22N2/c1-10-5-3-7-12(10)13(15)9-14-11(2)6-4-8-16-14/h4,6,8,10,12-13H,3,5,7,9,15H2,1-2H3. The molecule has 0 bridgehead atoms. The molecule has 1 heterocycles. The van der Waals surface area contributed by atoms with Crippen LogP contribution in [0.15, 0.2) is 18.3 Å². The lowest BCUT2D eigenvalue weighted by molar-refractivity contribution is 0.341. The predicted octanol–water partition coefficient (Wildman–Crippen LogP) is 2.70. The zero-order chi connectivity index (χ0) is 11.5. The number of aromatic nitrogens is 1. The Morgan fingerprint density at radius 1 is 1.50 bits per heavy atom. The normalized spacial score (nSPS) is 26.9. The van der Waals surface area contributed by atoms with E-state index in [0.717, 1.165) is 12.3 Å². The van der Waals surface area contributed by atoms with Gasteiger partial charge in [-0.25, -0.2) is 0 Å². The average molecular weight is 218 g/mol. The molecular weight excluding hydrogens is 196 g/mol. The third kappa shape index (κ3) is 2.43. The van der Waals surface area contributed by atoms with Gasteiger partial charge in [0.15, 0.2) is 0 Å². The van der Waals surface area contributed by atoms with Gasteiger partial charge in [0.2, 0.25) is 0 Å². The Morgan fingerprint density at radius 3 is 2.94 bits per heavy atom. The monoisotopic (exact) mass is 218 g/mol. The number of nitrogens with two attached hydrogens (primary N) is 1. The van der Waals surface area contributed by atoms with Crippen molar-refractivity contribution in [2.24, 2.45) is 17.6 Å². The van der Waals surface area contributed by atoms with Gasteiger partial charge in [0, 0.05) is 24.4 Å². The summed E-state index contributed by atoms with van der Waals surface area (Å²) in [5.41, 5.74) is 8.77. The second kappa shape index (κ2) is 4.96. The first-order chi connectivity index (χ1) is 7.68. The summed E-state index contributed by atoms with van der Waals surface area (Å²) in [7, 11) is 0. The van der Waals surface area contributed by atoms with E-state index in [1.54, 1.807) is 0 Å². The molecule has 1 aliphatic rings. The maximum Gasteiger partial charge on any atom is 0.0448 e. The van der Waals surface area contributed by atoms with Crippen LogP contribution in [0, 0.1) is 18.8 Å². The van der Waals surface area contributed by atoms with Gasteiger partial charge < -0.3 is 5.73 Å². The van der Waals surface area contributed by atoms with Crippen molar-refractivity contribution in [3.05, 3.63) is 29.6 Å². The summed E-state index contributed by atoms with van der Waals surface area (Å²) >= 11 is 0. The Kier molecular flexibility index (Phi) is 3.59. The van der Waals surface area contributed by atoms with E-state index in [4.69, 9.17) is 5.73 Å². The third-order valence-electron chi connectivity index (χ3n) is 4.02.